The van der Waals surface area contributed by atoms with Gasteiger partial charge < -0.3 is 38.8 Å². The third-order valence-electron chi connectivity index (χ3n) is 6.23. The highest BCUT2D eigenvalue weighted by atomic mass is 16.6. The lowest BCUT2D eigenvalue weighted by atomic mass is 10.1. The highest BCUT2D eigenvalue weighted by Gasteiger charge is 2.30. The quantitative estimate of drug-likeness (QED) is 0.194. The first-order valence-corrected chi connectivity index (χ1v) is 16.7. The number of ether oxygens (including phenoxy) is 5. The van der Waals surface area contributed by atoms with Gasteiger partial charge in [-0.05, 0) is 126 Å². The Morgan fingerprint density at radius 1 is 0.529 bits per heavy atom. The molecule has 0 fully saturated rings. The molecule has 0 heterocycles. The molecule has 0 atom stereocenters. The second-order valence-electron chi connectivity index (χ2n) is 15.9. The van der Waals surface area contributed by atoms with Crippen LogP contribution in [-0.4, -0.2) is 85.5 Å². The van der Waals surface area contributed by atoms with Gasteiger partial charge in [0.15, 0.2) is 0 Å². The Bertz CT molecular complexity index is 1480. The third kappa shape index (κ3) is 16.2. The molecule has 2 aromatic carbocycles. The number of rotatable bonds is 13. The number of hydrogen-bond acceptors (Lipinski definition) is 12. The van der Waals surface area contributed by atoms with Gasteiger partial charge in [-0.3, -0.25) is 24.0 Å². The van der Waals surface area contributed by atoms with Crippen molar-refractivity contribution in [3.05, 3.63) is 48.0 Å². The maximum absolute atomic E-state index is 13.3. The van der Waals surface area contributed by atoms with Crippen LogP contribution in [0.1, 0.15) is 93.4 Å². The molecule has 13 nitrogen and oxygen atoms in total. The van der Waals surface area contributed by atoms with Crippen LogP contribution in [0.3, 0.4) is 0 Å². The molecule has 0 saturated heterocycles. The zero-order valence-electron chi connectivity index (χ0n) is 32.3. The highest BCUT2D eigenvalue weighted by molar-refractivity contribution is 6.05. The number of hydrogen-bond donors (Lipinski definition) is 1. The monoisotopic (exact) mass is 713 g/mol. The van der Waals surface area contributed by atoms with Gasteiger partial charge in [0.05, 0.1) is 18.5 Å². The Hall–Kier alpha value is -4.81. The normalized spacial score (nSPS) is 11.9. The Labute approximate surface area is 301 Å². The smallest absolute Gasteiger partial charge is 0.326 e. The van der Waals surface area contributed by atoms with Crippen LogP contribution >= 0.6 is 0 Å². The van der Waals surface area contributed by atoms with Gasteiger partial charge in [0.1, 0.15) is 54.3 Å². The summed E-state index contributed by atoms with van der Waals surface area (Å²) in [6, 6.07) is 11.2. The predicted molar refractivity (Wildman–Crippen MR) is 195 cm³/mol. The first-order chi connectivity index (χ1) is 23.2. The van der Waals surface area contributed by atoms with Gasteiger partial charge in [0.25, 0.3) is 5.91 Å². The van der Waals surface area contributed by atoms with Crippen molar-refractivity contribution >= 4 is 46.8 Å². The van der Waals surface area contributed by atoms with Gasteiger partial charge in [-0.1, -0.05) is 0 Å². The van der Waals surface area contributed by atoms with Crippen LogP contribution in [0.5, 0.6) is 5.75 Å². The number of anilines is 3. The largest absolute Gasteiger partial charge is 0.497 e. The Kier molecular flexibility index (Phi) is 14.1. The molecule has 0 aliphatic carbocycles. The zero-order chi connectivity index (χ0) is 38.9. The molecule has 0 unspecified atom stereocenters. The minimum atomic E-state index is -0.842. The van der Waals surface area contributed by atoms with E-state index in [0.29, 0.717) is 17.0 Å². The fourth-order valence-corrected chi connectivity index (χ4v) is 4.64. The number of carbonyl (C=O) groups is 5. The molecule has 1 N–H and O–H groups in total. The molecule has 13 heteroatoms. The summed E-state index contributed by atoms with van der Waals surface area (Å²) in [5.41, 5.74) is -2.22. The second kappa shape index (κ2) is 16.9. The standard InChI is InChI=1S/C38H55N3O10/c1-35(2,3)48-30(42)21-40(22-31(43)49-36(4,5)6)28-19-16-26(39-34(46)25-14-17-27(47-13)18-15-25)20-29(28)41(23-32(44)50-37(7,8)9)24-33(45)51-38(10,11)12/h14-20H,21-24H2,1-13H3,(H,39,46). The molecule has 0 radical (unpaired) electrons. The molecule has 2 aromatic rings. The molecule has 0 spiro atoms. The predicted octanol–water partition coefficient (Wildman–Crippen LogP) is 5.93. The highest BCUT2D eigenvalue weighted by Crippen LogP contribution is 2.34. The fraction of sp³-hybridized carbons (Fsp3) is 0.553. The van der Waals surface area contributed by atoms with Crippen LogP contribution < -0.4 is 19.9 Å². The van der Waals surface area contributed by atoms with Crippen molar-refractivity contribution in [1.29, 1.82) is 0 Å². The van der Waals surface area contributed by atoms with Gasteiger partial charge >= 0.3 is 23.9 Å². The second-order valence-corrected chi connectivity index (χ2v) is 15.9. The lowest BCUT2D eigenvalue weighted by molar-refractivity contribution is -0.156. The van der Waals surface area contributed by atoms with E-state index in [2.05, 4.69) is 5.32 Å². The van der Waals surface area contributed by atoms with E-state index < -0.39 is 78.4 Å². The summed E-state index contributed by atoms with van der Waals surface area (Å²) in [7, 11) is 1.52. The average Bonchev–Trinajstić information content (AvgIpc) is 2.92. The van der Waals surface area contributed by atoms with Gasteiger partial charge in [-0.25, -0.2) is 0 Å². The number of nitrogens with one attached hydrogen (secondary N) is 1. The number of carbonyl (C=O) groups excluding carboxylic acids is 5. The maximum Gasteiger partial charge on any atom is 0.326 e. The molecule has 1 amide bonds. The molecule has 0 bridgehead atoms. The van der Waals surface area contributed by atoms with E-state index in [1.165, 1.54) is 16.9 Å². The van der Waals surface area contributed by atoms with Gasteiger partial charge in [0, 0.05) is 11.3 Å². The summed E-state index contributed by atoms with van der Waals surface area (Å²) in [6.45, 7) is 19.0. The molecule has 0 aliphatic heterocycles. The SMILES string of the molecule is COc1ccc(C(=O)Nc2ccc(N(CC(=O)OC(C)(C)C)CC(=O)OC(C)(C)C)c(N(CC(=O)OC(C)(C)C)CC(=O)OC(C)(C)C)c2)cc1. The van der Waals surface area contributed by atoms with E-state index in [4.69, 9.17) is 23.7 Å². The number of nitrogens with zero attached hydrogens (tertiary/aromatic N) is 2. The molecule has 0 saturated carbocycles. The number of esters is 4. The van der Waals surface area contributed by atoms with Crippen LogP contribution in [0, 0.1) is 0 Å². The number of benzene rings is 2. The van der Waals surface area contributed by atoms with Crippen molar-refractivity contribution in [2.75, 3.05) is 48.4 Å². The fourth-order valence-electron chi connectivity index (χ4n) is 4.64. The Balaban J connectivity index is 2.78. The van der Waals surface area contributed by atoms with Gasteiger partial charge in [0.2, 0.25) is 0 Å². The van der Waals surface area contributed by atoms with Crippen LogP contribution in [0.15, 0.2) is 42.5 Å². The molecular weight excluding hydrogens is 658 g/mol. The molecule has 0 aromatic heterocycles. The maximum atomic E-state index is 13.3. The average molecular weight is 714 g/mol. The molecule has 2 rings (SSSR count). The van der Waals surface area contributed by atoms with Crippen LogP contribution in [0.25, 0.3) is 0 Å². The van der Waals surface area contributed by atoms with Crippen LogP contribution in [0.4, 0.5) is 17.1 Å². The van der Waals surface area contributed by atoms with Crippen LogP contribution in [0.2, 0.25) is 0 Å². The van der Waals surface area contributed by atoms with Crippen molar-refractivity contribution < 1.29 is 47.7 Å². The van der Waals surface area contributed by atoms with E-state index in [1.807, 2.05) is 0 Å². The topological polar surface area (TPSA) is 150 Å². The summed E-state index contributed by atoms with van der Waals surface area (Å²) in [6.07, 6.45) is 0. The van der Waals surface area contributed by atoms with Gasteiger partial charge in [-0.2, -0.15) is 0 Å². The van der Waals surface area contributed by atoms with E-state index >= 15 is 0 Å². The third-order valence-corrected chi connectivity index (χ3v) is 6.23. The van der Waals surface area contributed by atoms with E-state index in [-0.39, 0.29) is 11.4 Å². The van der Waals surface area contributed by atoms with Crippen molar-refractivity contribution in [1.82, 2.24) is 0 Å². The summed E-state index contributed by atoms with van der Waals surface area (Å²) in [5.74, 6) is -2.46. The molecule has 0 aliphatic rings. The molecule has 282 valence electrons. The Morgan fingerprint density at radius 3 is 1.22 bits per heavy atom. The van der Waals surface area contributed by atoms with Crippen LogP contribution in [-0.2, 0) is 38.1 Å². The minimum Gasteiger partial charge on any atom is -0.497 e. The lowest BCUT2D eigenvalue weighted by Crippen LogP contribution is -2.43. The van der Waals surface area contributed by atoms with E-state index in [9.17, 15) is 24.0 Å². The van der Waals surface area contributed by atoms with E-state index in [0.717, 1.165) is 0 Å². The molecular formula is C38H55N3O10. The Morgan fingerprint density at radius 2 is 0.882 bits per heavy atom. The number of amides is 1. The first-order valence-electron chi connectivity index (χ1n) is 16.7. The van der Waals surface area contributed by atoms with Crippen molar-refractivity contribution in [3.63, 3.8) is 0 Å². The number of methoxy groups -OCH3 is 1. The molecule has 51 heavy (non-hydrogen) atoms. The lowest BCUT2D eigenvalue weighted by Gasteiger charge is -2.33. The van der Waals surface area contributed by atoms with E-state index in [1.54, 1.807) is 126 Å². The van der Waals surface area contributed by atoms with Crippen molar-refractivity contribution in [3.8, 4) is 5.75 Å². The van der Waals surface area contributed by atoms with Crippen molar-refractivity contribution in [2.45, 2.75) is 105 Å². The zero-order valence-corrected chi connectivity index (χ0v) is 32.3. The van der Waals surface area contributed by atoms with Gasteiger partial charge in [-0.15, -0.1) is 0 Å². The summed E-state index contributed by atoms with van der Waals surface area (Å²) in [5, 5.41) is 2.84. The summed E-state index contributed by atoms with van der Waals surface area (Å²) in [4.78, 5) is 69.2. The summed E-state index contributed by atoms with van der Waals surface area (Å²) >= 11 is 0. The van der Waals surface area contributed by atoms with Crippen molar-refractivity contribution in [2.24, 2.45) is 0 Å². The summed E-state index contributed by atoms with van der Waals surface area (Å²) < 4.78 is 27.6. The first kappa shape index (κ1) is 42.4. The minimum absolute atomic E-state index is 0.214.